The molecule has 102 valence electrons. The van der Waals surface area contributed by atoms with Gasteiger partial charge in [0.1, 0.15) is 0 Å². The van der Waals surface area contributed by atoms with Crippen molar-refractivity contribution in [3.05, 3.63) is 35.9 Å². The fraction of sp³-hybridized carbons (Fsp3) is 0.462. The molecule has 0 radical (unpaired) electrons. The van der Waals surface area contributed by atoms with Crippen LogP contribution in [0.3, 0.4) is 0 Å². The molecule has 0 saturated heterocycles. The average Bonchev–Trinajstić information content (AvgIpc) is 2.35. The molecule has 1 aromatic carbocycles. The number of likely N-dealkylation sites (N-methyl/N-ethyl adjacent to an activating group) is 1. The van der Waals surface area contributed by atoms with Gasteiger partial charge in [-0.25, -0.2) is 5.84 Å². The highest BCUT2D eigenvalue weighted by Gasteiger charge is 2.14. The smallest absolute Gasteiger partial charge is 0.251 e. The summed E-state index contributed by atoms with van der Waals surface area (Å²) in [5.41, 5.74) is 3.24. The maximum absolute atomic E-state index is 11.2. The summed E-state index contributed by atoms with van der Waals surface area (Å²) >= 11 is 0. The SMILES string of the molecule is CN(C)C.CN[C@H](Cc1ccccc1)C(=O)NN. The minimum atomic E-state index is -0.276. The molecule has 0 aliphatic rings. The van der Waals surface area contributed by atoms with Crippen LogP contribution in [0.4, 0.5) is 0 Å². The van der Waals surface area contributed by atoms with Crippen molar-refractivity contribution in [1.82, 2.24) is 15.6 Å². The van der Waals surface area contributed by atoms with E-state index in [1.54, 1.807) is 7.05 Å². The van der Waals surface area contributed by atoms with E-state index in [9.17, 15) is 4.79 Å². The zero-order valence-corrected chi connectivity index (χ0v) is 11.6. The lowest BCUT2D eigenvalue weighted by molar-refractivity contribution is -0.123. The van der Waals surface area contributed by atoms with Crippen LogP contribution in [0.5, 0.6) is 0 Å². The number of hydrogen-bond acceptors (Lipinski definition) is 4. The lowest BCUT2D eigenvalue weighted by Gasteiger charge is -2.13. The zero-order valence-electron chi connectivity index (χ0n) is 11.6. The van der Waals surface area contributed by atoms with Gasteiger partial charge in [-0.05, 0) is 40.2 Å². The highest BCUT2D eigenvalue weighted by molar-refractivity contribution is 5.81. The van der Waals surface area contributed by atoms with Crippen LogP contribution >= 0.6 is 0 Å². The highest BCUT2D eigenvalue weighted by atomic mass is 16.2. The van der Waals surface area contributed by atoms with Crippen LogP contribution in [-0.4, -0.2) is 45.0 Å². The molecule has 0 aliphatic carbocycles. The molecule has 18 heavy (non-hydrogen) atoms. The molecule has 0 unspecified atom stereocenters. The standard InChI is InChI=1S/C10H15N3O.C3H9N/c1-12-9(10(14)13-11)7-8-5-3-2-4-6-8;1-4(2)3/h2-6,9,12H,7,11H2,1H3,(H,13,14);1-3H3/t9-;/m1./s1. The van der Waals surface area contributed by atoms with Crippen molar-refractivity contribution in [1.29, 1.82) is 0 Å². The maximum atomic E-state index is 11.2. The number of carbonyl (C=O) groups is 1. The van der Waals surface area contributed by atoms with Crippen molar-refractivity contribution in [3.63, 3.8) is 0 Å². The Kier molecular flexibility index (Phi) is 8.82. The third-order valence-electron chi connectivity index (χ3n) is 2.09. The molecule has 1 atom stereocenters. The number of hydrazine groups is 1. The number of hydrogen-bond donors (Lipinski definition) is 3. The summed E-state index contributed by atoms with van der Waals surface area (Å²) in [7, 11) is 7.74. The molecule has 0 fully saturated rings. The van der Waals surface area contributed by atoms with Gasteiger partial charge < -0.3 is 10.2 Å². The molecular weight excluding hydrogens is 228 g/mol. The number of rotatable bonds is 4. The summed E-state index contributed by atoms with van der Waals surface area (Å²) in [5, 5.41) is 2.91. The van der Waals surface area contributed by atoms with E-state index in [-0.39, 0.29) is 11.9 Å². The molecule has 0 heterocycles. The van der Waals surface area contributed by atoms with Gasteiger partial charge in [0.25, 0.3) is 5.91 Å². The number of benzene rings is 1. The van der Waals surface area contributed by atoms with Crippen molar-refractivity contribution < 1.29 is 4.79 Å². The molecule has 1 aromatic rings. The largest absolute Gasteiger partial charge is 0.312 e. The van der Waals surface area contributed by atoms with Crippen LogP contribution in [0.2, 0.25) is 0 Å². The number of nitrogens with two attached hydrogens (primary N) is 1. The summed E-state index contributed by atoms with van der Waals surface area (Å²) in [6, 6.07) is 9.52. The van der Waals surface area contributed by atoms with E-state index < -0.39 is 0 Å². The second kappa shape index (κ2) is 9.58. The fourth-order valence-electron chi connectivity index (χ4n) is 1.28. The Balaban J connectivity index is 0.000000631. The second-order valence-corrected chi connectivity index (χ2v) is 4.38. The van der Waals surface area contributed by atoms with Gasteiger partial charge in [-0.3, -0.25) is 10.2 Å². The lowest BCUT2D eigenvalue weighted by Crippen LogP contribution is -2.46. The van der Waals surface area contributed by atoms with Gasteiger partial charge in [0, 0.05) is 0 Å². The van der Waals surface area contributed by atoms with Crippen molar-refractivity contribution >= 4 is 5.91 Å². The average molecular weight is 252 g/mol. The first-order chi connectivity index (χ1) is 8.51. The number of amides is 1. The number of nitrogens with one attached hydrogen (secondary N) is 2. The molecule has 5 nitrogen and oxygen atoms in total. The van der Waals surface area contributed by atoms with Crippen molar-refractivity contribution in [2.24, 2.45) is 5.84 Å². The van der Waals surface area contributed by atoms with E-state index in [0.29, 0.717) is 6.42 Å². The molecule has 0 aromatic heterocycles. The number of nitrogens with zero attached hydrogens (tertiary/aromatic N) is 1. The van der Waals surface area contributed by atoms with E-state index in [4.69, 9.17) is 5.84 Å². The molecule has 0 saturated carbocycles. The third-order valence-corrected chi connectivity index (χ3v) is 2.09. The summed E-state index contributed by atoms with van der Waals surface area (Å²) in [6.07, 6.45) is 0.639. The van der Waals surface area contributed by atoms with Gasteiger partial charge in [0.05, 0.1) is 6.04 Å². The van der Waals surface area contributed by atoms with Gasteiger partial charge in [-0.2, -0.15) is 0 Å². The fourth-order valence-corrected chi connectivity index (χ4v) is 1.28. The summed E-state index contributed by atoms with van der Waals surface area (Å²) in [6.45, 7) is 0. The van der Waals surface area contributed by atoms with Crippen LogP contribution in [0.25, 0.3) is 0 Å². The Morgan fingerprint density at radius 1 is 1.28 bits per heavy atom. The maximum Gasteiger partial charge on any atom is 0.251 e. The van der Waals surface area contributed by atoms with Crippen molar-refractivity contribution in [2.75, 3.05) is 28.2 Å². The van der Waals surface area contributed by atoms with Gasteiger partial charge >= 0.3 is 0 Å². The van der Waals surface area contributed by atoms with E-state index in [2.05, 4.69) is 10.7 Å². The highest BCUT2D eigenvalue weighted by Crippen LogP contribution is 2.02. The topological polar surface area (TPSA) is 70.4 Å². The van der Waals surface area contributed by atoms with Crippen LogP contribution in [0.1, 0.15) is 5.56 Å². The molecule has 1 amide bonds. The first-order valence-corrected chi connectivity index (χ1v) is 5.83. The molecule has 0 aliphatic heterocycles. The van der Waals surface area contributed by atoms with Gasteiger partial charge in [0.15, 0.2) is 0 Å². The first-order valence-electron chi connectivity index (χ1n) is 5.83. The zero-order chi connectivity index (χ0) is 14.0. The third kappa shape index (κ3) is 7.78. The Morgan fingerprint density at radius 2 is 1.78 bits per heavy atom. The van der Waals surface area contributed by atoms with E-state index >= 15 is 0 Å². The normalized spacial score (nSPS) is 11.4. The van der Waals surface area contributed by atoms with Gasteiger partial charge in [-0.15, -0.1) is 0 Å². The summed E-state index contributed by atoms with van der Waals surface area (Å²) in [4.78, 5) is 13.2. The molecule has 5 heteroatoms. The van der Waals surface area contributed by atoms with Crippen LogP contribution in [0.15, 0.2) is 30.3 Å². The molecule has 0 bridgehead atoms. The van der Waals surface area contributed by atoms with Gasteiger partial charge in [-0.1, -0.05) is 30.3 Å². The molecular formula is C13H24N4O. The molecule has 1 rings (SSSR count). The summed E-state index contributed by atoms with van der Waals surface area (Å²) in [5.74, 6) is 4.86. The Bertz CT molecular complexity index is 324. The Morgan fingerprint density at radius 3 is 2.17 bits per heavy atom. The number of carbonyl (C=O) groups excluding carboxylic acids is 1. The molecule has 4 N–H and O–H groups in total. The van der Waals surface area contributed by atoms with Crippen LogP contribution < -0.4 is 16.6 Å². The first kappa shape index (κ1) is 16.6. The van der Waals surface area contributed by atoms with Crippen LogP contribution in [0, 0.1) is 0 Å². The predicted octanol–water partition coefficient (Wildman–Crippen LogP) is -0.0152. The van der Waals surface area contributed by atoms with Gasteiger partial charge in [0.2, 0.25) is 0 Å². The second-order valence-electron chi connectivity index (χ2n) is 4.38. The van der Waals surface area contributed by atoms with Crippen LogP contribution in [-0.2, 0) is 11.2 Å². The minimum Gasteiger partial charge on any atom is -0.312 e. The van der Waals surface area contributed by atoms with Crippen molar-refractivity contribution in [2.45, 2.75) is 12.5 Å². The summed E-state index contributed by atoms with van der Waals surface area (Å²) < 4.78 is 0. The molecule has 0 spiro atoms. The van der Waals surface area contributed by atoms with E-state index in [1.807, 2.05) is 56.4 Å². The quantitative estimate of drug-likeness (QED) is 0.400. The van der Waals surface area contributed by atoms with Crippen molar-refractivity contribution in [3.8, 4) is 0 Å². The lowest BCUT2D eigenvalue weighted by atomic mass is 10.1. The predicted molar refractivity (Wildman–Crippen MR) is 74.9 cm³/mol. The Hall–Kier alpha value is -1.43. The van der Waals surface area contributed by atoms with E-state index in [1.165, 1.54) is 0 Å². The minimum absolute atomic E-state index is 0.198. The monoisotopic (exact) mass is 252 g/mol. The van der Waals surface area contributed by atoms with E-state index in [0.717, 1.165) is 5.56 Å². The Labute approximate surface area is 109 Å².